The molecule has 302 valence electrons. The maximum atomic E-state index is 12.7. The van der Waals surface area contributed by atoms with Crippen LogP contribution in [0.25, 0.3) is 11.3 Å². The zero-order valence-corrected chi connectivity index (χ0v) is 33.1. The highest BCUT2D eigenvalue weighted by Gasteiger charge is 2.41. The molecule has 1 aromatic heterocycles. The molecule has 3 aromatic carbocycles. The van der Waals surface area contributed by atoms with Crippen LogP contribution in [0.4, 0.5) is 22.9 Å². The van der Waals surface area contributed by atoms with Gasteiger partial charge in [-0.05, 0) is 118 Å². The first-order valence-electron chi connectivity index (χ1n) is 21.5. The maximum Gasteiger partial charge on any atom is 0.249 e. The van der Waals surface area contributed by atoms with Gasteiger partial charge in [0.05, 0.1) is 11.4 Å². The van der Waals surface area contributed by atoms with E-state index in [1.807, 2.05) is 18.2 Å². The predicted molar refractivity (Wildman–Crippen MR) is 225 cm³/mol. The maximum absolute atomic E-state index is 12.7. The minimum atomic E-state index is -0.247. The molecule has 2 amide bonds. The Labute approximate surface area is 340 Å². The van der Waals surface area contributed by atoms with Gasteiger partial charge in [0.1, 0.15) is 23.6 Å². The van der Waals surface area contributed by atoms with E-state index in [9.17, 15) is 14.7 Å². The number of nitrogens with zero attached hydrogens (tertiary/aromatic N) is 6. The summed E-state index contributed by atoms with van der Waals surface area (Å²) in [6.45, 7) is 4.68. The summed E-state index contributed by atoms with van der Waals surface area (Å²) in [6, 6.07) is 25.6. The van der Waals surface area contributed by atoms with Crippen LogP contribution in [-0.4, -0.2) is 95.0 Å². The molecule has 6 aliphatic rings. The first-order chi connectivity index (χ1) is 28.4. The number of anilines is 4. The smallest absolute Gasteiger partial charge is 0.249 e. The molecule has 12 nitrogen and oxygen atoms in total. The quantitative estimate of drug-likeness (QED) is 0.181. The number of carbonyl (C=O) groups is 2. The SMILES string of the molecule is Nc1nnc(-c2ccccc2O)cc1N1C[C@H]2CC[C@@H](C1)N2c1cccc(OC2CCN([C@H]3CC[C@@H](c4cccc5c4CCN5[C@@H]4CCC(=O)NC4=O)CC3)CC2)c1. The fourth-order valence-electron chi connectivity index (χ4n) is 11.2. The van der Waals surface area contributed by atoms with E-state index >= 15 is 0 Å². The number of piperidine rings is 2. The van der Waals surface area contributed by atoms with Crippen molar-refractivity contribution in [3.8, 4) is 22.8 Å². The topological polar surface area (TPSA) is 140 Å². The molecule has 4 aromatic rings. The summed E-state index contributed by atoms with van der Waals surface area (Å²) in [5, 5.41) is 21.6. The number of nitrogens with one attached hydrogen (secondary N) is 1. The van der Waals surface area contributed by atoms with Crippen LogP contribution in [0.5, 0.6) is 11.5 Å². The highest BCUT2D eigenvalue weighted by molar-refractivity contribution is 6.02. The molecule has 0 unspecified atom stereocenters. The third kappa shape index (κ3) is 6.99. The number of benzene rings is 3. The van der Waals surface area contributed by atoms with Gasteiger partial charge >= 0.3 is 0 Å². The van der Waals surface area contributed by atoms with E-state index in [-0.39, 0.29) is 29.7 Å². The van der Waals surface area contributed by atoms with E-state index < -0.39 is 0 Å². The Morgan fingerprint density at radius 1 is 0.741 bits per heavy atom. The second-order valence-electron chi connectivity index (χ2n) is 17.3. The first-order valence-corrected chi connectivity index (χ1v) is 21.5. The molecule has 6 heterocycles. The van der Waals surface area contributed by atoms with Crippen LogP contribution in [0.15, 0.2) is 72.8 Å². The van der Waals surface area contributed by atoms with Crippen LogP contribution >= 0.6 is 0 Å². The Balaban J connectivity index is 0.726. The molecule has 4 N–H and O–H groups in total. The second-order valence-corrected chi connectivity index (χ2v) is 17.3. The van der Waals surface area contributed by atoms with Gasteiger partial charge in [0.15, 0.2) is 5.82 Å². The summed E-state index contributed by atoms with van der Waals surface area (Å²) in [7, 11) is 0. The van der Waals surface area contributed by atoms with Crippen LogP contribution in [-0.2, 0) is 16.0 Å². The van der Waals surface area contributed by atoms with Crippen LogP contribution in [0.1, 0.15) is 81.3 Å². The number of nitrogens with two attached hydrogens (primary N) is 1. The average Bonchev–Trinajstić information content (AvgIpc) is 3.79. The second kappa shape index (κ2) is 15.4. The summed E-state index contributed by atoms with van der Waals surface area (Å²) in [4.78, 5) is 34.4. The molecule has 12 heteroatoms. The molecule has 5 fully saturated rings. The van der Waals surface area contributed by atoms with Crippen molar-refractivity contribution in [2.24, 2.45) is 0 Å². The van der Waals surface area contributed by atoms with Gasteiger partial charge in [-0.1, -0.05) is 30.3 Å². The number of rotatable bonds is 8. The van der Waals surface area contributed by atoms with Crippen LogP contribution < -0.4 is 30.5 Å². The van der Waals surface area contributed by atoms with Crippen molar-refractivity contribution in [2.45, 2.75) is 107 Å². The number of nitrogen functional groups attached to an aromatic ring is 1. The number of imide groups is 1. The first kappa shape index (κ1) is 36.9. The number of para-hydroxylation sites is 1. The van der Waals surface area contributed by atoms with Crippen LogP contribution in [0.3, 0.4) is 0 Å². The van der Waals surface area contributed by atoms with Gasteiger partial charge in [-0.2, -0.15) is 0 Å². The third-order valence-corrected chi connectivity index (χ3v) is 14.0. The molecular formula is C46H54N8O4. The lowest BCUT2D eigenvalue weighted by Gasteiger charge is -2.43. The Bertz CT molecular complexity index is 2170. The fraction of sp³-hybridized carbons (Fsp3) is 0.478. The highest BCUT2D eigenvalue weighted by Crippen LogP contribution is 2.43. The van der Waals surface area contributed by atoms with Gasteiger partial charge in [-0.3, -0.25) is 14.9 Å². The predicted octanol–water partition coefficient (Wildman–Crippen LogP) is 6.03. The van der Waals surface area contributed by atoms with Crippen molar-refractivity contribution in [1.82, 2.24) is 20.4 Å². The van der Waals surface area contributed by atoms with Crippen molar-refractivity contribution in [1.29, 1.82) is 0 Å². The van der Waals surface area contributed by atoms with E-state index in [2.05, 4.69) is 77.6 Å². The van der Waals surface area contributed by atoms with Crippen molar-refractivity contribution in [3.05, 3.63) is 83.9 Å². The number of ether oxygens (including phenoxy) is 1. The van der Waals surface area contributed by atoms with Crippen molar-refractivity contribution in [2.75, 3.05) is 53.2 Å². The summed E-state index contributed by atoms with van der Waals surface area (Å²) in [5.41, 5.74) is 13.9. The molecule has 1 saturated carbocycles. The molecule has 58 heavy (non-hydrogen) atoms. The molecule has 0 spiro atoms. The van der Waals surface area contributed by atoms with Gasteiger partial charge in [0, 0.05) is 80.3 Å². The zero-order chi connectivity index (χ0) is 39.3. The number of hydrogen-bond acceptors (Lipinski definition) is 11. The number of phenolic OH excluding ortho intramolecular Hbond substituents is 1. The molecule has 5 aliphatic heterocycles. The summed E-state index contributed by atoms with van der Waals surface area (Å²) >= 11 is 0. The van der Waals surface area contributed by atoms with Crippen LogP contribution in [0, 0.1) is 0 Å². The van der Waals surface area contributed by atoms with E-state index in [0.717, 1.165) is 76.3 Å². The van der Waals surface area contributed by atoms with Gasteiger partial charge in [-0.15, -0.1) is 10.2 Å². The highest BCUT2D eigenvalue weighted by atomic mass is 16.5. The lowest BCUT2D eigenvalue weighted by Crippen LogP contribution is -2.54. The number of aromatic hydroxyl groups is 1. The van der Waals surface area contributed by atoms with Gasteiger partial charge in [0.2, 0.25) is 11.8 Å². The van der Waals surface area contributed by atoms with E-state index in [4.69, 9.17) is 10.5 Å². The number of carbonyl (C=O) groups excluding carboxylic acids is 2. The number of phenols is 1. The lowest BCUT2D eigenvalue weighted by molar-refractivity contribution is -0.134. The zero-order valence-electron chi connectivity index (χ0n) is 33.1. The largest absolute Gasteiger partial charge is 0.507 e. The van der Waals surface area contributed by atoms with Crippen molar-refractivity contribution in [3.63, 3.8) is 0 Å². The number of hydrogen-bond donors (Lipinski definition) is 3. The number of piperazine rings is 1. The standard InChI is InChI=1S/C46H54N8O4/c47-45-42(26-39(49-50-45)38-7-1-2-10-43(38)55)52-27-32-15-16-33(28-52)54(32)31-5-3-6-35(25-31)58-34-19-22-51(23-20-34)30-13-11-29(12-14-30)36-8-4-9-40-37(36)21-24-53(40)41-17-18-44(56)48-46(41)57/h1-10,25-26,29-30,32-34,41,55H,11-24,27-28H2,(H2,47,50)(H,48,56,57)/t29-,30+,32-,33+,41-/m1/s1. The molecule has 1 aliphatic carbocycles. The monoisotopic (exact) mass is 782 g/mol. The fourth-order valence-corrected chi connectivity index (χ4v) is 11.2. The Morgan fingerprint density at radius 3 is 2.28 bits per heavy atom. The number of fused-ring (bicyclic) bond motifs is 3. The molecule has 2 bridgehead atoms. The summed E-state index contributed by atoms with van der Waals surface area (Å²) in [5.74, 6) is 1.81. The lowest BCUT2D eigenvalue weighted by atomic mass is 9.79. The number of aromatic nitrogens is 2. The average molecular weight is 783 g/mol. The molecule has 4 saturated heterocycles. The normalized spacial score (nSPS) is 26.5. The van der Waals surface area contributed by atoms with Gasteiger partial charge < -0.3 is 35.2 Å². The minimum Gasteiger partial charge on any atom is -0.507 e. The van der Waals surface area contributed by atoms with Gasteiger partial charge in [-0.25, -0.2) is 0 Å². The summed E-state index contributed by atoms with van der Waals surface area (Å²) < 4.78 is 6.70. The summed E-state index contributed by atoms with van der Waals surface area (Å²) in [6.07, 6.45) is 11.4. The molecule has 10 rings (SSSR count). The van der Waals surface area contributed by atoms with Crippen LogP contribution in [0.2, 0.25) is 0 Å². The Kier molecular flexibility index (Phi) is 9.83. The van der Waals surface area contributed by atoms with E-state index in [1.54, 1.807) is 12.1 Å². The Hall–Kier alpha value is -5.36. The van der Waals surface area contributed by atoms with E-state index in [1.165, 1.54) is 48.2 Å². The van der Waals surface area contributed by atoms with E-state index in [0.29, 0.717) is 54.0 Å². The third-order valence-electron chi connectivity index (χ3n) is 14.0. The minimum absolute atomic E-state index is 0.149. The van der Waals surface area contributed by atoms with Crippen molar-refractivity contribution < 1.29 is 19.4 Å². The van der Waals surface area contributed by atoms with Gasteiger partial charge in [0.25, 0.3) is 0 Å². The molecule has 0 radical (unpaired) electrons. The van der Waals surface area contributed by atoms with Crippen molar-refractivity contribution >= 4 is 34.7 Å². The molecule has 3 atom stereocenters. The number of amides is 2. The Morgan fingerprint density at radius 2 is 1.50 bits per heavy atom. The number of likely N-dealkylation sites (tertiary alicyclic amines) is 1. The molecular weight excluding hydrogens is 729 g/mol.